The Balaban J connectivity index is 1.62. The summed E-state index contributed by atoms with van der Waals surface area (Å²) in [5.74, 6) is 0.686. The van der Waals surface area contributed by atoms with E-state index in [-0.39, 0.29) is 12.5 Å². The number of carbonyl (C=O) groups excluding carboxylic acids is 1. The highest BCUT2D eigenvalue weighted by atomic mass is 35.5. The predicted octanol–water partition coefficient (Wildman–Crippen LogP) is 3.29. The summed E-state index contributed by atoms with van der Waals surface area (Å²) in [7, 11) is 0. The van der Waals surface area contributed by atoms with E-state index in [9.17, 15) is 4.79 Å². The molecule has 0 fully saturated rings. The average Bonchev–Trinajstić information content (AvgIpc) is 2.96. The number of benzene rings is 1. The van der Waals surface area contributed by atoms with Gasteiger partial charge in [0, 0.05) is 16.3 Å². The maximum Gasteiger partial charge on any atom is 0.263 e. The molecule has 114 valence electrons. The molecule has 7 heteroatoms. The van der Waals surface area contributed by atoms with Gasteiger partial charge in [0.2, 0.25) is 0 Å². The van der Waals surface area contributed by atoms with Gasteiger partial charge in [-0.25, -0.2) is 9.97 Å². The van der Waals surface area contributed by atoms with Crippen LogP contribution in [0.15, 0.2) is 24.5 Å². The van der Waals surface area contributed by atoms with Crippen LogP contribution < -0.4 is 10.1 Å². The van der Waals surface area contributed by atoms with Crippen molar-refractivity contribution in [1.82, 2.24) is 9.97 Å². The zero-order valence-electron chi connectivity index (χ0n) is 11.6. The molecule has 0 unspecified atom stereocenters. The fourth-order valence-electron chi connectivity index (χ4n) is 2.37. The third kappa shape index (κ3) is 3.31. The highest BCUT2D eigenvalue weighted by Gasteiger charge is 2.18. The Kier molecular flexibility index (Phi) is 4.45. The van der Waals surface area contributed by atoms with Crippen LogP contribution in [-0.2, 0) is 17.6 Å². The van der Waals surface area contributed by atoms with Gasteiger partial charge in [0.25, 0.3) is 5.91 Å². The maximum absolute atomic E-state index is 12.0. The summed E-state index contributed by atoms with van der Waals surface area (Å²) in [5, 5.41) is 3.64. The number of anilines is 1. The molecule has 22 heavy (non-hydrogen) atoms. The zero-order chi connectivity index (χ0) is 15.5. The van der Waals surface area contributed by atoms with Crippen LogP contribution in [0.1, 0.15) is 17.7 Å². The summed E-state index contributed by atoms with van der Waals surface area (Å²) in [6.07, 6.45) is 4.32. The molecule has 0 saturated heterocycles. The first-order valence-electron chi connectivity index (χ1n) is 6.84. The molecule has 2 aromatic rings. The third-order valence-corrected chi connectivity index (χ3v) is 3.92. The summed E-state index contributed by atoms with van der Waals surface area (Å²) in [5.41, 5.74) is 2.02. The van der Waals surface area contributed by atoms with E-state index in [1.54, 1.807) is 18.2 Å². The van der Waals surface area contributed by atoms with Crippen molar-refractivity contribution in [1.29, 1.82) is 0 Å². The molecule has 0 aliphatic heterocycles. The highest BCUT2D eigenvalue weighted by Crippen LogP contribution is 2.28. The number of nitrogens with one attached hydrogen (secondary N) is 1. The van der Waals surface area contributed by atoms with Gasteiger partial charge in [0.05, 0.1) is 5.02 Å². The van der Waals surface area contributed by atoms with Gasteiger partial charge < -0.3 is 10.1 Å². The first-order chi connectivity index (χ1) is 10.6. The fraction of sp³-hybridized carbons (Fsp3) is 0.267. The van der Waals surface area contributed by atoms with Crippen LogP contribution >= 0.6 is 23.2 Å². The molecule has 1 amide bonds. The highest BCUT2D eigenvalue weighted by molar-refractivity contribution is 6.35. The summed E-state index contributed by atoms with van der Waals surface area (Å²) >= 11 is 11.8. The van der Waals surface area contributed by atoms with Gasteiger partial charge in [-0.2, -0.15) is 0 Å². The molecule has 0 saturated carbocycles. The number of nitrogens with zero attached hydrogens (tertiary/aromatic N) is 2. The van der Waals surface area contributed by atoms with E-state index in [2.05, 4.69) is 15.3 Å². The SMILES string of the molecule is O=C(COc1ccc(Cl)cc1Cl)Nc1ncnc2c1CCC2. The second kappa shape index (κ2) is 6.50. The normalized spacial score (nSPS) is 12.8. The Hall–Kier alpha value is -1.85. The quantitative estimate of drug-likeness (QED) is 0.929. The van der Waals surface area contributed by atoms with Crippen LogP contribution in [0.25, 0.3) is 0 Å². The van der Waals surface area contributed by atoms with E-state index in [1.165, 1.54) is 6.33 Å². The van der Waals surface area contributed by atoms with Gasteiger partial charge in [0.1, 0.15) is 17.9 Å². The minimum atomic E-state index is -0.293. The standard InChI is InChI=1S/C15H13Cl2N3O2/c16-9-4-5-13(11(17)6-9)22-7-14(21)20-15-10-2-1-3-12(10)18-8-19-15/h4-6,8H,1-3,7H2,(H,18,19,20,21). The van der Waals surface area contributed by atoms with Crippen LogP contribution in [0.4, 0.5) is 5.82 Å². The lowest BCUT2D eigenvalue weighted by atomic mass is 10.2. The number of hydrogen-bond donors (Lipinski definition) is 1. The Morgan fingerprint density at radius 2 is 2.14 bits per heavy atom. The molecular formula is C15H13Cl2N3O2. The van der Waals surface area contributed by atoms with Crippen LogP contribution in [0, 0.1) is 0 Å². The van der Waals surface area contributed by atoms with Crippen molar-refractivity contribution in [2.75, 3.05) is 11.9 Å². The number of amides is 1. The van der Waals surface area contributed by atoms with E-state index in [0.717, 1.165) is 30.5 Å². The first kappa shape index (κ1) is 15.1. The summed E-state index contributed by atoms with van der Waals surface area (Å²) in [4.78, 5) is 20.3. The fourth-order valence-corrected chi connectivity index (χ4v) is 2.83. The van der Waals surface area contributed by atoms with E-state index in [0.29, 0.717) is 21.6 Å². The van der Waals surface area contributed by atoms with Gasteiger partial charge in [-0.05, 0) is 37.5 Å². The summed E-state index contributed by atoms with van der Waals surface area (Å²) in [6, 6.07) is 4.84. The summed E-state index contributed by atoms with van der Waals surface area (Å²) in [6.45, 7) is -0.153. The number of aryl methyl sites for hydroxylation is 1. The number of aromatic nitrogens is 2. The molecule has 5 nitrogen and oxygen atoms in total. The van der Waals surface area contributed by atoms with Crippen molar-refractivity contribution in [2.24, 2.45) is 0 Å². The predicted molar refractivity (Wildman–Crippen MR) is 84.6 cm³/mol. The van der Waals surface area contributed by atoms with Crippen LogP contribution in [0.3, 0.4) is 0 Å². The molecular weight excluding hydrogens is 325 g/mol. The smallest absolute Gasteiger partial charge is 0.263 e. The number of halogens is 2. The zero-order valence-corrected chi connectivity index (χ0v) is 13.1. The molecule has 0 atom stereocenters. The van der Waals surface area contributed by atoms with Gasteiger partial charge in [-0.15, -0.1) is 0 Å². The molecule has 3 rings (SSSR count). The van der Waals surface area contributed by atoms with Crippen LogP contribution in [0.2, 0.25) is 10.0 Å². The molecule has 0 spiro atoms. The third-order valence-electron chi connectivity index (χ3n) is 3.39. The molecule has 1 aliphatic rings. The number of rotatable bonds is 4. The largest absolute Gasteiger partial charge is 0.482 e. The maximum atomic E-state index is 12.0. The Morgan fingerprint density at radius 3 is 2.95 bits per heavy atom. The Labute approximate surface area is 137 Å². The van der Waals surface area contributed by atoms with Crippen molar-refractivity contribution in [3.8, 4) is 5.75 Å². The monoisotopic (exact) mass is 337 g/mol. The minimum absolute atomic E-state index is 0.153. The topological polar surface area (TPSA) is 64.1 Å². The Morgan fingerprint density at radius 1 is 1.27 bits per heavy atom. The molecule has 1 N–H and O–H groups in total. The lowest BCUT2D eigenvalue weighted by Gasteiger charge is -2.10. The lowest BCUT2D eigenvalue weighted by molar-refractivity contribution is -0.118. The second-order valence-electron chi connectivity index (χ2n) is 4.91. The van der Waals surface area contributed by atoms with Gasteiger partial charge in [0.15, 0.2) is 6.61 Å². The minimum Gasteiger partial charge on any atom is -0.482 e. The van der Waals surface area contributed by atoms with Gasteiger partial charge in [-0.1, -0.05) is 23.2 Å². The van der Waals surface area contributed by atoms with Crippen molar-refractivity contribution >= 4 is 34.9 Å². The van der Waals surface area contributed by atoms with E-state index < -0.39 is 0 Å². The first-order valence-corrected chi connectivity index (χ1v) is 7.59. The lowest BCUT2D eigenvalue weighted by Crippen LogP contribution is -2.22. The molecule has 0 bridgehead atoms. The van der Waals surface area contributed by atoms with Crippen LogP contribution in [-0.4, -0.2) is 22.5 Å². The average molecular weight is 338 g/mol. The van der Waals surface area contributed by atoms with E-state index in [4.69, 9.17) is 27.9 Å². The molecule has 1 aliphatic carbocycles. The number of hydrogen-bond acceptors (Lipinski definition) is 4. The van der Waals surface area contributed by atoms with Gasteiger partial charge in [-0.3, -0.25) is 4.79 Å². The van der Waals surface area contributed by atoms with E-state index in [1.807, 2.05) is 0 Å². The Bertz CT molecular complexity index is 722. The van der Waals surface area contributed by atoms with Crippen molar-refractivity contribution < 1.29 is 9.53 Å². The van der Waals surface area contributed by atoms with Gasteiger partial charge >= 0.3 is 0 Å². The van der Waals surface area contributed by atoms with Crippen LogP contribution in [0.5, 0.6) is 5.75 Å². The van der Waals surface area contributed by atoms with Crippen molar-refractivity contribution in [3.63, 3.8) is 0 Å². The number of fused-ring (bicyclic) bond motifs is 1. The molecule has 1 heterocycles. The molecule has 0 radical (unpaired) electrons. The van der Waals surface area contributed by atoms with Crippen molar-refractivity contribution in [3.05, 3.63) is 45.8 Å². The summed E-state index contributed by atoms with van der Waals surface area (Å²) < 4.78 is 5.40. The van der Waals surface area contributed by atoms with E-state index >= 15 is 0 Å². The number of ether oxygens (including phenoxy) is 1. The second-order valence-corrected chi connectivity index (χ2v) is 5.76. The van der Waals surface area contributed by atoms with Crippen molar-refractivity contribution in [2.45, 2.75) is 19.3 Å². The number of carbonyl (C=O) groups is 1. The molecule has 1 aromatic heterocycles. The molecule has 1 aromatic carbocycles.